The number of nitrogens with one attached hydrogen (secondary N) is 1. The summed E-state index contributed by atoms with van der Waals surface area (Å²) in [5.41, 5.74) is 4.98. The lowest BCUT2D eigenvalue weighted by atomic mass is 10.1. The van der Waals surface area contributed by atoms with Crippen molar-refractivity contribution in [3.05, 3.63) is 82.1 Å². The van der Waals surface area contributed by atoms with E-state index in [4.69, 9.17) is 4.98 Å². The largest absolute Gasteiger partial charge is 0.304 e. The van der Waals surface area contributed by atoms with E-state index in [1.807, 2.05) is 76.8 Å². The molecule has 0 fully saturated rings. The monoisotopic (exact) mass is 416 g/mol. The number of hydrogen-bond donors (Lipinski definition) is 1. The summed E-state index contributed by atoms with van der Waals surface area (Å²) in [6, 6.07) is 15.8. The van der Waals surface area contributed by atoms with Crippen LogP contribution in [0.4, 0.5) is 5.82 Å². The topological polar surface area (TPSA) is 59.3 Å². The number of benzene rings is 1. The van der Waals surface area contributed by atoms with Gasteiger partial charge in [-0.05, 0) is 30.0 Å². The first kappa shape index (κ1) is 17.8. The van der Waals surface area contributed by atoms with Gasteiger partial charge >= 0.3 is 0 Å². The molecule has 0 atom stereocenters. The number of nitrogens with zero attached hydrogens (tertiary/aromatic N) is 3. The highest BCUT2D eigenvalue weighted by atomic mass is 32.1. The first-order valence-electron chi connectivity index (χ1n) is 9.03. The van der Waals surface area contributed by atoms with Crippen molar-refractivity contribution in [3.8, 4) is 21.8 Å². The second kappa shape index (κ2) is 7.27. The molecule has 1 amide bonds. The van der Waals surface area contributed by atoms with Crippen LogP contribution in [-0.2, 0) is 0 Å². The lowest BCUT2D eigenvalue weighted by molar-refractivity contribution is 0.102. The minimum absolute atomic E-state index is 0.247. The molecule has 0 radical (unpaired) electrons. The average molecular weight is 417 g/mol. The molecule has 0 unspecified atom stereocenters. The Balaban J connectivity index is 1.56. The van der Waals surface area contributed by atoms with E-state index in [2.05, 4.69) is 10.3 Å². The van der Waals surface area contributed by atoms with Crippen LogP contribution < -0.4 is 5.32 Å². The Hall–Kier alpha value is -3.29. The fourth-order valence-electron chi connectivity index (χ4n) is 3.19. The van der Waals surface area contributed by atoms with Crippen molar-refractivity contribution in [1.82, 2.24) is 14.4 Å². The number of hydrogen-bond acceptors (Lipinski definition) is 5. The number of pyridine rings is 1. The number of aromatic nitrogens is 3. The van der Waals surface area contributed by atoms with Crippen LogP contribution in [0.25, 0.3) is 27.5 Å². The van der Waals surface area contributed by atoms with Gasteiger partial charge in [0, 0.05) is 28.1 Å². The van der Waals surface area contributed by atoms with Gasteiger partial charge in [-0.3, -0.25) is 9.20 Å². The van der Waals surface area contributed by atoms with Crippen LogP contribution in [0, 0.1) is 6.92 Å². The van der Waals surface area contributed by atoms with Crippen molar-refractivity contribution in [2.24, 2.45) is 0 Å². The van der Waals surface area contributed by atoms with E-state index in [1.165, 1.54) is 11.3 Å². The zero-order valence-electron chi connectivity index (χ0n) is 15.5. The number of rotatable bonds is 4. The molecular weight excluding hydrogens is 400 g/mol. The van der Waals surface area contributed by atoms with Gasteiger partial charge in [0.05, 0.1) is 0 Å². The Bertz CT molecular complexity index is 1300. The number of carbonyl (C=O) groups is 1. The summed E-state index contributed by atoms with van der Waals surface area (Å²) >= 11 is 3.08. The number of thiophene rings is 1. The van der Waals surface area contributed by atoms with Crippen molar-refractivity contribution in [1.29, 1.82) is 0 Å². The highest BCUT2D eigenvalue weighted by Crippen LogP contribution is 2.31. The number of thiazole rings is 1. The molecular formula is C22H16N4OS2. The molecule has 0 aliphatic carbocycles. The van der Waals surface area contributed by atoms with Crippen molar-refractivity contribution < 1.29 is 4.79 Å². The molecule has 0 spiro atoms. The van der Waals surface area contributed by atoms with Crippen LogP contribution in [0.1, 0.15) is 16.1 Å². The molecule has 4 heterocycles. The lowest BCUT2D eigenvalue weighted by Crippen LogP contribution is -2.14. The summed E-state index contributed by atoms with van der Waals surface area (Å²) in [6.07, 6.45) is 1.91. The smallest absolute Gasteiger partial charge is 0.276 e. The molecule has 0 bridgehead atoms. The number of imidazole rings is 1. The Kier molecular flexibility index (Phi) is 4.46. The third-order valence-corrected chi connectivity index (χ3v) is 6.20. The van der Waals surface area contributed by atoms with Crippen molar-refractivity contribution >= 4 is 40.0 Å². The predicted octanol–water partition coefficient (Wildman–Crippen LogP) is 5.75. The molecule has 0 saturated carbocycles. The molecule has 7 heteroatoms. The minimum atomic E-state index is -0.247. The van der Waals surface area contributed by atoms with E-state index in [0.717, 1.165) is 33.0 Å². The van der Waals surface area contributed by atoms with E-state index in [0.29, 0.717) is 11.5 Å². The quantitative estimate of drug-likeness (QED) is 0.406. The molecule has 29 heavy (non-hydrogen) atoms. The van der Waals surface area contributed by atoms with E-state index in [9.17, 15) is 4.79 Å². The highest BCUT2D eigenvalue weighted by Gasteiger charge is 2.19. The van der Waals surface area contributed by atoms with Crippen LogP contribution in [0.2, 0.25) is 0 Å². The zero-order valence-corrected chi connectivity index (χ0v) is 17.1. The Morgan fingerprint density at radius 1 is 1.00 bits per heavy atom. The fourth-order valence-corrected chi connectivity index (χ4v) is 4.70. The summed E-state index contributed by atoms with van der Waals surface area (Å²) < 4.78 is 1.92. The molecule has 1 N–H and O–H groups in total. The van der Waals surface area contributed by atoms with Gasteiger partial charge in [-0.15, -0.1) is 11.3 Å². The van der Waals surface area contributed by atoms with Crippen LogP contribution in [-0.4, -0.2) is 20.3 Å². The number of fused-ring (bicyclic) bond motifs is 1. The molecule has 5 aromatic rings. The molecule has 1 aromatic carbocycles. The Morgan fingerprint density at radius 3 is 2.66 bits per heavy atom. The Morgan fingerprint density at radius 2 is 1.86 bits per heavy atom. The molecule has 0 saturated heterocycles. The number of aryl methyl sites for hydroxylation is 1. The van der Waals surface area contributed by atoms with Gasteiger partial charge in [-0.2, -0.15) is 11.3 Å². The first-order valence-corrected chi connectivity index (χ1v) is 10.9. The maximum Gasteiger partial charge on any atom is 0.276 e. The van der Waals surface area contributed by atoms with Gasteiger partial charge in [0.25, 0.3) is 5.91 Å². The van der Waals surface area contributed by atoms with Crippen LogP contribution in [0.3, 0.4) is 0 Å². The first-order chi connectivity index (χ1) is 14.2. The lowest BCUT2D eigenvalue weighted by Gasteiger charge is -2.07. The van der Waals surface area contributed by atoms with Gasteiger partial charge in [-0.1, -0.05) is 36.4 Å². The molecule has 142 valence electrons. The fraction of sp³-hybridized carbons (Fsp3) is 0.0455. The standard InChI is InChI=1S/C22H16N4OS2/c1-14-6-5-10-26-19(14)24-18(15-7-3-2-4-8-15)20(26)25-21(27)17-13-29-22(23-17)16-9-11-28-12-16/h2-13H,1H3,(H,25,27). The van der Waals surface area contributed by atoms with Gasteiger partial charge in [0.2, 0.25) is 0 Å². The van der Waals surface area contributed by atoms with E-state index in [1.54, 1.807) is 16.7 Å². The van der Waals surface area contributed by atoms with Gasteiger partial charge in [0.1, 0.15) is 27.9 Å². The molecule has 0 aliphatic rings. The van der Waals surface area contributed by atoms with Crippen molar-refractivity contribution in [2.45, 2.75) is 6.92 Å². The Labute approximate surface area is 175 Å². The van der Waals surface area contributed by atoms with E-state index >= 15 is 0 Å². The van der Waals surface area contributed by atoms with Crippen LogP contribution in [0.5, 0.6) is 0 Å². The van der Waals surface area contributed by atoms with E-state index < -0.39 is 0 Å². The molecule has 4 aromatic heterocycles. The normalized spacial score (nSPS) is 11.1. The zero-order chi connectivity index (χ0) is 19.8. The number of carbonyl (C=O) groups excluding carboxylic acids is 1. The van der Waals surface area contributed by atoms with Crippen LogP contribution >= 0.6 is 22.7 Å². The number of anilines is 1. The summed E-state index contributed by atoms with van der Waals surface area (Å²) in [4.78, 5) is 22.3. The third-order valence-electron chi connectivity index (χ3n) is 4.63. The summed E-state index contributed by atoms with van der Waals surface area (Å²) in [6.45, 7) is 2.01. The van der Waals surface area contributed by atoms with Gasteiger partial charge in [0.15, 0.2) is 0 Å². The maximum atomic E-state index is 13.0. The van der Waals surface area contributed by atoms with Gasteiger partial charge in [-0.25, -0.2) is 9.97 Å². The molecule has 5 rings (SSSR count). The SMILES string of the molecule is Cc1cccn2c(NC(=O)c3csc(-c4ccsc4)n3)c(-c3ccccc3)nc12. The van der Waals surface area contributed by atoms with Crippen molar-refractivity contribution in [3.63, 3.8) is 0 Å². The maximum absolute atomic E-state index is 13.0. The van der Waals surface area contributed by atoms with Crippen molar-refractivity contribution in [2.75, 3.05) is 5.32 Å². The average Bonchev–Trinajstić information content (AvgIpc) is 3.49. The number of amides is 1. The van der Waals surface area contributed by atoms with Crippen LogP contribution in [0.15, 0.2) is 70.9 Å². The predicted molar refractivity (Wildman–Crippen MR) is 119 cm³/mol. The summed E-state index contributed by atoms with van der Waals surface area (Å²) in [5, 5.41) is 9.71. The second-order valence-electron chi connectivity index (χ2n) is 6.56. The molecule has 0 aliphatic heterocycles. The van der Waals surface area contributed by atoms with Gasteiger partial charge < -0.3 is 5.32 Å². The highest BCUT2D eigenvalue weighted by molar-refractivity contribution is 7.14. The van der Waals surface area contributed by atoms with E-state index in [-0.39, 0.29) is 5.91 Å². The third kappa shape index (κ3) is 3.24. The molecule has 5 nitrogen and oxygen atoms in total. The minimum Gasteiger partial charge on any atom is -0.304 e. The second-order valence-corrected chi connectivity index (χ2v) is 8.20. The summed E-state index contributed by atoms with van der Waals surface area (Å²) in [5.74, 6) is 0.396. The summed E-state index contributed by atoms with van der Waals surface area (Å²) in [7, 11) is 0.